The maximum Gasteiger partial charge on any atom is 0.344 e. The summed E-state index contributed by atoms with van der Waals surface area (Å²) in [5, 5.41) is 8.90. The number of para-hydroxylation sites is 1. The van der Waals surface area contributed by atoms with E-state index in [1.54, 1.807) is 24.3 Å². The molecule has 0 spiro atoms. The Labute approximate surface area is 178 Å². The Balaban J connectivity index is 2.01. The minimum atomic E-state index is -0.998. The molecule has 0 heterocycles. The van der Waals surface area contributed by atoms with Gasteiger partial charge in [-0.05, 0) is 49.1 Å². The molecule has 1 atom stereocenters. The second-order valence-electron chi connectivity index (χ2n) is 7.35. The molecule has 1 unspecified atom stereocenters. The molecule has 6 heteroatoms. The topological polar surface area (TPSA) is 79.6 Å². The molecular formula is C24H28N2O4. The molecule has 0 saturated heterocycles. The molecule has 2 aromatic carbocycles. The van der Waals surface area contributed by atoms with Crippen molar-refractivity contribution in [3.63, 3.8) is 0 Å². The van der Waals surface area contributed by atoms with E-state index in [9.17, 15) is 9.59 Å². The number of carbonyl (C=O) groups excluding carboxylic acids is 2. The normalized spacial score (nSPS) is 11.5. The van der Waals surface area contributed by atoms with Crippen LogP contribution >= 0.6 is 0 Å². The second-order valence-corrected chi connectivity index (χ2v) is 7.35. The van der Waals surface area contributed by atoms with Gasteiger partial charge in [-0.1, -0.05) is 44.2 Å². The zero-order valence-electron chi connectivity index (χ0n) is 17.9. The number of amides is 1. The molecular weight excluding hydrogens is 380 g/mol. The molecule has 0 aliphatic rings. The van der Waals surface area contributed by atoms with Crippen molar-refractivity contribution in [2.75, 3.05) is 18.1 Å². The van der Waals surface area contributed by atoms with Crippen LogP contribution < -0.4 is 9.64 Å². The molecule has 0 bridgehead atoms. The Morgan fingerprint density at radius 2 is 1.80 bits per heavy atom. The number of aryl methyl sites for hydroxylation is 1. The molecule has 0 saturated carbocycles. The van der Waals surface area contributed by atoms with Gasteiger partial charge in [0.05, 0.1) is 12.5 Å². The molecule has 6 nitrogen and oxygen atoms in total. The van der Waals surface area contributed by atoms with E-state index >= 15 is 0 Å². The Morgan fingerprint density at radius 3 is 2.43 bits per heavy atom. The first kappa shape index (κ1) is 23.0. The van der Waals surface area contributed by atoms with E-state index in [0.717, 1.165) is 11.1 Å². The average Bonchev–Trinajstić information content (AvgIpc) is 2.73. The summed E-state index contributed by atoms with van der Waals surface area (Å²) in [4.78, 5) is 26.6. The lowest BCUT2D eigenvalue weighted by Gasteiger charge is -2.25. The molecule has 30 heavy (non-hydrogen) atoms. The Bertz CT molecular complexity index is 903. The first-order valence-corrected chi connectivity index (χ1v) is 9.99. The van der Waals surface area contributed by atoms with Crippen LogP contribution in [0.15, 0.2) is 48.5 Å². The average molecular weight is 408 g/mol. The molecule has 0 aromatic heterocycles. The van der Waals surface area contributed by atoms with E-state index in [4.69, 9.17) is 14.7 Å². The zero-order chi connectivity index (χ0) is 22.1. The molecule has 0 aliphatic carbocycles. The summed E-state index contributed by atoms with van der Waals surface area (Å²) in [5.74, 6) is -0.124. The van der Waals surface area contributed by atoms with Gasteiger partial charge in [-0.2, -0.15) is 5.26 Å². The van der Waals surface area contributed by atoms with Gasteiger partial charge in [-0.15, -0.1) is 0 Å². The highest BCUT2D eigenvalue weighted by atomic mass is 16.6. The van der Waals surface area contributed by atoms with E-state index in [-0.39, 0.29) is 31.4 Å². The lowest BCUT2D eigenvalue weighted by Crippen LogP contribution is -2.41. The van der Waals surface area contributed by atoms with Crippen LogP contribution in [-0.4, -0.2) is 31.1 Å². The van der Waals surface area contributed by atoms with Crippen molar-refractivity contribution < 1.29 is 19.1 Å². The third kappa shape index (κ3) is 6.35. The molecule has 0 N–H and O–H groups in total. The van der Waals surface area contributed by atoms with Crippen molar-refractivity contribution in [3.05, 3.63) is 59.7 Å². The van der Waals surface area contributed by atoms with Crippen LogP contribution in [0.3, 0.4) is 0 Å². The Hall–Kier alpha value is -3.33. The van der Waals surface area contributed by atoms with Crippen LogP contribution in [0.1, 0.15) is 44.2 Å². The van der Waals surface area contributed by atoms with Gasteiger partial charge in [0.25, 0.3) is 5.91 Å². The van der Waals surface area contributed by atoms with Gasteiger partial charge in [0.1, 0.15) is 5.75 Å². The summed E-state index contributed by atoms with van der Waals surface area (Å²) in [6.07, 6.45) is -0.822. The number of nitrogens with zero attached hydrogens (tertiary/aromatic N) is 2. The SMILES string of the molecule is Cc1ccc(C(C)C)c(OCC(=O)OC(C)C(=O)N(CCC#N)c2ccccc2)c1. The summed E-state index contributed by atoms with van der Waals surface area (Å²) in [7, 11) is 0. The third-order valence-corrected chi connectivity index (χ3v) is 4.57. The van der Waals surface area contributed by atoms with Crippen molar-refractivity contribution in [3.8, 4) is 11.8 Å². The minimum Gasteiger partial charge on any atom is -0.482 e. The third-order valence-electron chi connectivity index (χ3n) is 4.57. The van der Waals surface area contributed by atoms with Crippen molar-refractivity contribution >= 4 is 17.6 Å². The zero-order valence-corrected chi connectivity index (χ0v) is 17.9. The number of carbonyl (C=O) groups is 2. The summed E-state index contributed by atoms with van der Waals surface area (Å²) < 4.78 is 11.0. The fraction of sp³-hybridized carbons (Fsp3) is 0.375. The lowest BCUT2D eigenvalue weighted by atomic mass is 10.0. The number of hydrogen-bond donors (Lipinski definition) is 0. The largest absolute Gasteiger partial charge is 0.482 e. The van der Waals surface area contributed by atoms with Crippen LogP contribution in [0.5, 0.6) is 5.75 Å². The summed E-state index contributed by atoms with van der Waals surface area (Å²) in [6.45, 7) is 7.51. The van der Waals surface area contributed by atoms with E-state index in [1.165, 1.54) is 11.8 Å². The van der Waals surface area contributed by atoms with Crippen molar-refractivity contribution in [2.45, 2.75) is 46.1 Å². The van der Waals surface area contributed by atoms with Gasteiger partial charge in [-0.3, -0.25) is 4.79 Å². The van der Waals surface area contributed by atoms with Gasteiger partial charge in [0.2, 0.25) is 0 Å². The molecule has 0 fully saturated rings. The maximum absolute atomic E-state index is 12.8. The predicted octanol–water partition coefficient (Wildman–Crippen LogP) is 4.38. The standard InChI is InChI=1S/C24H28N2O4/c1-17(2)21-12-11-18(3)15-22(21)29-16-23(27)30-19(4)24(28)26(14-8-13-25)20-9-6-5-7-10-20/h5-7,9-12,15,17,19H,8,14,16H2,1-4H3. The lowest BCUT2D eigenvalue weighted by molar-refractivity contribution is -0.155. The van der Waals surface area contributed by atoms with Crippen LogP contribution in [0, 0.1) is 18.3 Å². The molecule has 2 aromatic rings. The van der Waals surface area contributed by atoms with E-state index in [2.05, 4.69) is 13.8 Å². The Kier molecular flexibility index (Phi) is 8.42. The van der Waals surface area contributed by atoms with Crippen molar-refractivity contribution in [1.82, 2.24) is 0 Å². The van der Waals surface area contributed by atoms with E-state index < -0.39 is 12.1 Å². The van der Waals surface area contributed by atoms with Crippen LogP contribution in [0.2, 0.25) is 0 Å². The van der Waals surface area contributed by atoms with Crippen LogP contribution in [-0.2, 0) is 14.3 Å². The number of esters is 1. The highest BCUT2D eigenvalue weighted by Gasteiger charge is 2.25. The second kappa shape index (κ2) is 11.0. The smallest absolute Gasteiger partial charge is 0.344 e. The highest BCUT2D eigenvalue weighted by Crippen LogP contribution is 2.27. The highest BCUT2D eigenvalue weighted by molar-refractivity contribution is 5.97. The van der Waals surface area contributed by atoms with Crippen molar-refractivity contribution in [2.24, 2.45) is 0 Å². The number of benzene rings is 2. The number of anilines is 1. The van der Waals surface area contributed by atoms with Crippen molar-refractivity contribution in [1.29, 1.82) is 5.26 Å². The first-order valence-electron chi connectivity index (χ1n) is 9.99. The molecule has 2 rings (SSSR count). The van der Waals surface area contributed by atoms with E-state index in [0.29, 0.717) is 11.4 Å². The predicted molar refractivity (Wildman–Crippen MR) is 115 cm³/mol. The first-order chi connectivity index (χ1) is 14.3. The fourth-order valence-electron chi connectivity index (χ4n) is 3.02. The summed E-state index contributed by atoms with van der Waals surface area (Å²) in [6, 6.07) is 16.9. The van der Waals surface area contributed by atoms with Gasteiger partial charge >= 0.3 is 5.97 Å². The van der Waals surface area contributed by atoms with Gasteiger partial charge in [0, 0.05) is 12.2 Å². The molecule has 0 radical (unpaired) electrons. The van der Waals surface area contributed by atoms with Gasteiger partial charge in [-0.25, -0.2) is 4.79 Å². The number of ether oxygens (including phenoxy) is 2. The molecule has 0 aliphatic heterocycles. The summed E-state index contributed by atoms with van der Waals surface area (Å²) >= 11 is 0. The number of rotatable bonds is 9. The van der Waals surface area contributed by atoms with Gasteiger partial charge in [0.15, 0.2) is 12.7 Å². The summed E-state index contributed by atoms with van der Waals surface area (Å²) in [5.41, 5.74) is 2.69. The number of hydrogen-bond acceptors (Lipinski definition) is 5. The van der Waals surface area contributed by atoms with Gasteiger partial charge < -0.3 is 14.4 Å². The van der Waals surface area contributed by atoms with Crippen LogP contribution in [0.4, 0.5) is 5.69 Å². The molecule has 1 amide bonds. The minimum absolute atomic E-state index is 0.176. The van der Waals surface area contributed by atoms with E-state index in [1.807, 2.05) is 37.3 Å². The van der Waals surface area contributed by atoms with Crippen LogP contribution in [0.25, 0.3) is 0 Å². The Morgan fingerprint density at radius 1 is 1.10 bits per heavy atom. The molecule has 158 valence electrons. The quantitative estimate of drug-likeness (QED) is 0.576. The fourth-order valence-corrected chi connectivity index (χ4v) is 3.02. The monoisotopic (exact) mass is 408 g/mol. The maximum atomic E-state index is 12.8. The number of nitriles is 1.